The molecule has 2 aliphatic rings. The maximum absolute atomic E-state index is 10.5. The van der Waals surface area contributed by atoms with Crippen LogP contribution in [0.25, 0.3) is 0 Å². The van der Waals surface area contributed by atoms with Crippen molar-refractivity contribution in [2.45, 2.75) is 31.8 Å². The van der Waals surface area contributed by atoms with Crippen molar-refractivity contribution in [1.82, 2.24) is 0 Å². The molecule has 0 N–H and O–H groups in total. The number of aldehydes is 1. The summed E-state index contributed by atoms with van der Waals surface area (Å²) in [6.45, 7) is 0.796. The van der Waals surface area contributed by atoms with Gasteiger partial charge in [0.25, 0.3) is 0 Å². The molecule has 0 aromatic rings. The van der Waals surface area contributed by atoms with Crippen molar-refractivity contribution in [2.75, 3.05) is 6.61 Å². The van der Waals surface area contributed by atoms with E-state index in [1.165, 1.54) is 12.8 Å². The Labute approximate surface area is 66.9 Å². The lowest BCUT2D eigenvalue weighted by molar-refractivity contribution is -0.116. The molecule has 0 unspecified atom stereocenters. The molecule has 0 amide bonds. The largest absolute Gasteiger partial charge is 0.378 e. The third kappa shape index (κ3) is 1.62. The highest BCUT2D eigenvalue weighted by Crippen LogP contribution is 2.38. The summed E-state index contributed by atoms with van der Waals surface area (Å²) >= 11 is 0. The highest BCUT2D eigenvalue weighted by Gasteiger charge is 2.35. The molecule has 1 aliphatic carbocycles. The van der Waals surface area contributed by atoms with Crippen molar-refractivity contribution in [3.8, 4) is 0 Å². The van der Waals surface area contributed by atoms with Gasteiger partial charge in [-0.3, -0.25) is 0 Å². The lowest BCUT2D eigenvalue weighted by Gasteiger charge is -2.26. The molecular formula is C9H14O2. The van der Waals surface area contributed by atoms with Gasteiger partial charge in [-0.15, -0.1) is 0 Å². The second kappa shape index (κ2) is 2.94. The Morgan fingerprint density at radius 1 is 1.27 bits per heavy atom. The topological polar surface area (TPSA) is 26.3 Å². The number of carbonyl (C=O) groups excluding carboxylic acids is 1. The van der Waals surface area contributed by atoms with Crippen LogP contribution in [-0.2, 0) is 9.53 Å². The maximum Gasteiger partial charge on any atom is 0.123 e. The minimum absolute atomic E-state index is 0.286. The normalized spacial score (nSPS) is 38.5. The van der Waals surface area contributed by atoms with Crippen molar-refractivity contribution >= 4 is 6.29 Å². The zero-order chi connectivity index (χ0) is 7.68. The Hall–Kier alpha value is -0.370. The zero-order valence-corrected chi connectivity index (χ0v) is 6.66. The first-order chi connectivity index (χ1) is 5.40. The molecule has 11 heavy (non-hydrogen) atoms. The third-order valence-corrected chi connectivity index (χ3v) is 2.70. The molecule has 1 saturated heterocycles. The van der Waals surface area contributed by atoms with Gasteiger partial charge in [0, 0.05) is 12.5 Å². The predicted molar refractivity (Wildman–Crippen MR) is 41.3 cm³/mol. The van der Waals surface area contributed by atoms with Crippen LogP contribution < -0.4 is 0 Å². The second-order valence-corrected chi connectivity index (χ2v) is 3.67. The summed E-state index contributed by atoms with van der Waals surface area (Å²) in [7, 11) is 0. The summed E-state index contributed by atoms with van der Waals surface area (Å²) < 4.78 is 5.58. The SMILES string of the molecule is O=C[C@@H]1CCO[C@H](C2CC2)C1. The van der Waals surface area contributed by atoms with Crippen LogP contribution in [0.1, 0.15) is 25.7 Å². The van der Waals surface area contributed by atoms with E-state index in [4.69, 9.17) is 4.74 Å². The smallest absolute Gasteiger partial charge is 0.123 e. The van der Waals surface area contributed by atoms with Crippen LogP contribution in [0.4, 0.5) is 0 Å². The van der Waals surface area contributed by atoms with Gasteiger partial charge in [-0.05, 0) is 31.6 Å². The Bertz CT molecular complexity index is 152. The van der Waals surface area contributed by atoms with Gasteiger partial charge in [0.2, 0.25) is 0 Å². The summed E-state index contributed by atoms with van der Waals surface area (Å²) in [6, 6.07) is 0. The van der Waals surface area contributed by atoms with Gasteiger partial charge in [0.1, 0.15) is 6.29 Å². The van der Waals surface area contributed by atoms with E-state index in [2.05, 4.69) is 0 Å². The van der Waals surface area contributed by atoms with Gasteiger partial charge in [0.05, 0.1) is 6.10 Å². The van der Waals surface area contributed by atoms with Gasteiger partial charge >= 0.3 is 0 Å². The molecular weight excluding hydrogens is 140 g/mol. The third-order valence-electron chi connectivity index (χ3n) is 2.70. The van der Waals surface area contributed by atoms with Gasteiger partial charge in [-0.1, -0.05) is 0 Å². The zero-order valence-electron chi connectivity index (χ0n) is 6.66. The molecule has 2 rings (SSSR count). The summed E-state index contributed by atoms with van der Waals surface area (Å²) in [5.74, 6) is 1.08. The van der Waals surface area contributed by atoms with E-state index in [1.54, 1.807) is 0 Å². The maximum atomic E-state index is 10.5. The molecule has 1 heterocycles. The van der Waals surface area contributed by atoms with Crippen molar-refractivity contribution in [3.63, 3.8) is 0 Å². The lowest BCUT2D eigenvalue weighted by atomic mass is 9.95. The molecule has 0 radical (unpaired) electrons. The van der Waals surface area contributed by atoms with Crippen molar-refractivity contribution in [3.05, 3.63) is 0 Å². The van der Waals surface area contributed by atoms with E-state index in [-0.39, 0.29) is 5.92 Å². The Morgan fingerprint density at radius 2 is 2.09 bits per heavy atom. The Balaban J connectivity index is 1.86. The van der Waals surface area contributed by atoms with Gasteiger partial charge < -0.3 is 9.53 Å². The van der Waals surface area contributed by atoms with E-state index < -0.39 is 0 Å². The molecule has 0 aromatic carbocycles. The average molecular weight is 154 g/mol. The molecule has 2 atom stereocenters. The highest BCUT2D eigenvalue weighted by molar-refractivity contribution is 5.53. The van der Waals surface area contributed by atoms with Crippen LogP contribution in [-0.4, -0.2) is 19.0 Å². The fourth-order valence-electron chi connectivity index (χ4n) is 1.78. The van der Waals surface area contributed by atoms with E-state index in [0.717, 1.165) is 31.7 Å². The molecule has 2 heteroatoms. The molecule has 2 fully saturated rings. The lowest BCUT2D eigenvalue weighted by Crippen LogP contribution is -2.27. The summed E-state index contributed by atoms with van der Waals surface area (Å²) in [6.07, 6.45) is 6.06. The van der Waals surface area contributed by atoms with E-state index in [1.807, 2.05) is 0 Å². The summed E-state index contributed by atoms with van der Waals surface area (Å²) in [5.41, 5.74) is 0. The van der Waals surface area contributed by atoms with Gasteiger partial charge in [0.15, 0.2) is 0 Å². The Kier molecular flexibility index (Phi) is 1.95. The number of hydrogen-bond donors (Lipinski definition) is 0. The first-order valence-corrected chi connectivity index (χ1v) is 4.47. The number of ether oxygens (including phenoxy) is 1. The first kappa shape index (κ1) is 7.29. The monoisotopic (exact) mass is 154 g/mol. The number of carbonyl (C=O) groups is 1. The predicted octanol–water partition coefficient (Wildman–Crippen LogP) is 1.39. The van der Waals surface area contributed by atoms with E-state index in [9.17, 15) is 4.79 Å². The van der Waals surface area contributed by atoms with Gasteiger partial charge in [-0.2, -0.15) is 0 Å². The van der Waals surface area contributed by atoms with Crippen LogP contribution >= 0.6 is 0 Å². The quantitative estimate of drug-likeness (QED) is 0.562. The summed E-state index contributed by atoms with van der Waals surface area (Å²) in [5, 5.41) is 0. The molecule has 2 nitrogen and oxygen atoms in total. The van der Waals surface area contributed by atoms with Crippen molar-refractivity contribution < 1.29 is 9.53 Å². The second-order valence-electron chi connectivity index (χ2n) is 3.67. The molecule has 0 spiro atoms. The molecule has 1 saturated carbocycles. The minimum Gasteiger partial charge on any atom is -0.378 e. The minimum atomic E-state index is 0.286. The fraction of sp³-hybridized carbons (Fsp3) is 0.889. The summed E-state index contributed by atoms with van der Waals surface area (Å²) in [4.78, 5) is 10.5. The first-order valence-electron chi connectivity index (χ1n) is 4.47. The number of hydrogen-bond acceptors (Lipinski definition) is 2. The van der Waals surface area contributed by atoms with Crippen molar-refractivity contribution in [1.29, 1.82) is 0 Å². The van der Waals surface area contributed by atoms with Crippen LogP contribution in [0, 0.1) is 11.8 Å². The standard InChI is InChI=1S/C9H14O2/c10-6-7-3-4-11-9(5-7)8-1-2-8/h6-9H,1-5H2/t7-,9+/m1/s1. The molecule has 0 bridgehead atoms. The van der Waals surface area contributed by atoms with Crippen LogP contribution in [0.3, 0.4) is 0 Å². The molecule has 1 aliphatic heterocycles. The Morgan fingerprint density at radius 3 is 2.73 bits per heavy atom. The molecule has 0 aromatic heterocycles. The van der Waals surface area contributed by atoms with Crippen LogP contribution in [0.15, 0.2) is 0 Å². The van der Waals surface area contributed by atoms with E-state index >= 15 is 0 Å². The average Bonchev–Trinajstić information content (AvgIpc) is 2.87. The van der Waals surface area contributed by atoms with E-state index in [0.29, 0.717) is 6.10 Å². The van der Waals surface area contributed by atoms with Crippen molar-refractivity contribution in [2.24, 2.45) is 11.8 Å². The molecule has 62 valence electrons. The van der Waals surface area contributed by atoms with Crippen LogP contribution in [0.2, 0.25) is 0 Å². The number of rotatable bonds is 2. The fourth-order valence-corrected chi connectivity index (χ4v) is 1.78. The van der Waals surface area contributed by atoms with Gasteiger partial charge in [-0.25, -0.2) is 0 Å². The highest BCUT2D eigenvalue weighted by atomic mass is 16.5. The van der Waals surface area contributed by atoms with Crippen LogP contribution in [0.5, 0.6) is 0 Å².